The van der Waals surface area contributed by atoms with Gasteiger partial charge >= 0.3 is 0 Å². The fourth-order valence-corrected chi connectivity index (χ4v) is 1.98. The van der Waals surface area contributed by atoms with E-state index in [9.17, 15) is 4.79 Å². The molecule has 1 aliphatic heterocycles. The second-order valence-corrected chi connectivity index (χ2v) is 4.21. The Bertz CT molecular complexity index is 331. The van der Waals surface area contributed by atoms with Gasteiger partial charge in [0, 0.05) is 6.54 Å². The van der Waals surface area contributed by atoms with Crippen LogP contribution >= 0.6 is 0 Å². The van der Waals surface area contributed by atoms with Gasteiger partial charge in [-0.3, -0.25) is 4.79 Å². The fraction of sp³-hybridized carbons (Fsp3) is 0.462. The molecule has 3 heteroatoms. The minimum atomic E-state index is 0.0115. The molecular weight excluding hydrogens is 200 g/mol. The highest BCUT2D eigenvalue weighted by Gasteiger charge is 2.19. The average Bonchev–Trinajstić information content (AvgIpc) is 2.38. The molecule has 86 valence electrons. The topological polar surface area (TPSA) is 41.1 Å². The van der Waals surface area contributed by atoms with Gasteiger partial charge in [-0.15, -0.1) is 0 Å². The van der Waals surface area contributed by atoms with Crippen molar-refractivity contribution in [1.29, 1.82) is 0 Å². The third-order valence-electron chi connectivity index (χ3n) is 2.94. The van der Waals surface area contributed by atoms with Crippen LogP contribution in [-0.2, 0) is 11.3 Å². The molecule has 0 unspecified atom stereocenters. The van der Waals surface area contributed by atoms with Gasteiger partial charge in [-0.2, -0.15) is 0 Å². The fourth-order valence-electron chi connectivity index (χ4n) is 1.98. The summed E-state index contributed by atoms with van der Waals surface area (Å²) >= 11 is 0. The monoisotopic (exact) mass is 218 g/mol. The first-order chi connectivity index (χ1) is 7.86. The van der Waals surface area contributed by atoms with Crippen molar-refractivity contribution in [1.82, 2.24) is 10.6 Å². The van der Waals surface area contributed by atoms with Gasteiger partial charge in [0.15, 0.2) is 0 Å². The van der Waals surface area contributed by atoms with Gasteiger partial charge in [0.2, 0.25) is 5.91 Å². The molecule has 1 saturated heterocycles. The zero-order valence-electron chi connectivity index (χ0n) is 9.41. The molecular formula is C13H18N2O. The zero-order valence-corrected chi connectivity index (χ0v) is 9.41. The van der Waals surface area contributed by atoms with Crippen LogP contribution in [0.1, 0.15) is 24.8 Å². The summed E-state index contributed by atoms with van der Waals surface area (Å²) < 4.78 is 0. The van der Waals surface area contributed by atoms with Gasteiger partial charge < -0.3 is 10.6 Å². The molecule has 3 nitrogen and oxygen atoms in total. The molecule has 1 heterocycles. The normalized spacial score (nSPS) is 20.4. The quantitative estimate of drug-likeness (QED) is 0.806. The molecule has 2 rings (SSSR count). The van der Waals surface area contributed by atoms with Crippen molar-refractivity contribution in [2.75, 3.05) is 6.54 Å². The van der Waals surface area contributed by atoms with E-state index in [4.69, 9.17) is 0 Å². The summed E-state index contributed by atoms with van der Waals surface area (Å²) in [5.74, 6) is 0.128. The summed E-state index contributed by atoms with van der Waals surface area (Å²) in [6.45, 7) is 1.58. The second-order valence-electron chi connectivity index (χ2n) is 4.21. The predicted molar refractivity (Wildman–Crippen MR) is 63.9 cm³/mol. The molecule has 2 N–H and O–H groups in total. The molecule has 1 atom stereocenters. The number of nitrogens with one attached hydrogen (secondary N) is 2. The SMILES string of the molecule is O=C(NCc1ccccc1)[C@H]1CCCCN1. The average molecular weight is 218 g/mol. The van der Waals surface area contributed by atoms with E-state index in [1.807, 2.05) is 30.3 Å². The van der Waals surface area contributed by atoms with Crippen LogP contribution in [0.4, 0.5) is 0 Å². The van der Waals surface area contributed by atoms with Crippen LogP contribution in [0.3, 0.4) is 0 Å². The molecule has 1 aromatic carbocycles. The van der Waals surface area contributed by atoms with Crippen molar-refractivity contribution in [3.8, 4) is 0 Å². The van der Waals surface area contributed by atoms with Gasteiger partial charge in [0.05, 0.1) is 6.04 Å². The molecule has 1 amide bonds. The van der Waals surface area contributed by atoms with Crippen molar-refractivity contribution >= 4 is 5.91 Å². The summed E-state index contributed by atoms with van der Waals surface area (Å²) in [6, 6.07) is 10.0. The minimum Gasteiger partial charge on any atom is -0.351 e. The number of benzene rings is 1. The number of carbonyl (C=O) groups is 1. The Labute approximate surface area is 96.2 Å². The van der Waals surface area contributed by atoms with Crippen LogP contribution in [-0.4, -0.2) is 18.5 Å². The Hall–Kier alpha value is -1.35. The molecule has 0 aromatic heterocycles. The maximum absolute atomic E-state index is 11.8. The lowest BCUT2D eigenvalue weighted by Crippen LogP contribution is -2.46. The highest BCUT2D eigenvalue weighted by atomic mass is 16.2. The van der Waals surface area contributed by atoms with Gasteiger partial charge in [-0.25, -0.2) is 0 Å². The van der Waals surface area contributed by atoms with E-state index in [0.717, 1.165) is 24.9 Å². The van der Waals surface area contributed by atoms with Crippen LogP contribution < -0.4 is 10.6 Å². The third-order valence-corrected chi connectivity index (χ3v) is 2.94. The number of amides is 1. The van der Waals surface area contributed by atoms with Crippen LogP contribution in [0, 0.1) is 0 Å². The largest absolute Gasteiger partial charge is 0.351 e. The van der Waals surface area contributed by atoms with Crippen molar-refractivity contribution in [2.24, 2.45) is 0 Å². The Balaban J connectivity index is 1.79. The van der Waals surface area contributed by atoms with E-state index < -0.39 is 0 Å². The molecule has 0 radical (unpaired) electrons. The first kappa shape index (κ1) is 11.1. The maximum Gasteiger partial charge on any atom is 0.237 e. The smallest absolute Gasteiger partial charge is 0.237 e. The maximum atomic E-state index is 11.8. The Morgan fingerprint density at radius 2 is 2.12 bits per heavy atom. The van der Waals surface area contributed by atoms with Gasteiger partial charge in [0.1, 0.15) is 0 Å². The van der Waals surface area contributed by atoms with E-state index in [2.05, 4.69) is 10.6 Å². The van der Waals surface area contributed by atoms with E-state index in [-0.39, 0.29) is 11.9 Å². The molecule has 16 heavy (non-hydrogen) atoms. The summed E-state index contributed by atoms with van der Waals surface area (Å²) in [7, 11) is 0. The van der Waals surface area contributed by atoms with E-state index in [1.54, 1.807) is 0 Å². The van der Waals surface area contributed by atoms with E-state index >= 15 is 0 Å². The van der Waals surface area contributed by atoms with Crippen molar-refractivity contribution in [3.63, 3.8) is 0 Å². The lowest BCUT2D eigenvalue weighted by atomic mass is 10.0. The van der Waals surface area contributed by atoms with Crippen molar-refractivity contribution < 1.29 is 4.79 Å². The van der Waals surface area contributed by atoms with E-state index in [1.165, 1.54) is 6.42 Å². The van der Waals surface area contributed by atoms with Crippen molar-refractivity contribution in [3.05, 3.63) is 35.9 Å². The predicted octanol–water partition coefficient (Wildman–Crippen LogP) is 1.44. The Morgan fingerprint density at radius 1 is 1.31 bits per heavy atom. The zero-order chi connectivity index (χ0) is 11.2. The van der Waals surface area contributed by atoms with Crippen LogP contribution in [0.15, 0.2) is 30.3 Å². The van der Waals surface area contributed by atoms with Gasteiger partial charge in [0.25, 0.3) is 0 Å². The number of piperidine rings is 1. The highest BCUT2D eigenvalue weighted by molar-refractivity contribution is 5.81. The number of hydrogen-bond donors (Lipinski definition) is 2. The van der Waals surface area contributed by atoms with Crippen LogP contribution in [0.25, 0.3) is 0 Å². The van der Waals surface area contributed by atoms with Crippen molar-refractivity contribution in [2.45, 2.75) is 31.8 Å². The number of hydrogen-bond acceptors (Lipinski definition) is 2. The molecule has 1 aromatic rings. The first-order valence-electron chi connectivity index (χ1n) is 5.91. The van der Waals surface area contributed by atoms with Gasteiger partial charge in [-0.05, 0) is 24.9 Å². The third kappa shape index (κ3) is 3.07. The Morgan fingerprint density at radius 3 is 2.81 bits per heavy atom. The number of rotatable bonds is 3. The second kappa shape index (κ2) is 5.66. The summed E-state index contributed by atoms with van der Waals surface area (Å²) in [6.07, 6.45) is 3.29. The van der Waals surface area contributed by atoms with Crippen LogP contribution in [0.5, 0.6) is 0 Å². The first-order valence-corrected chi connectivity index (χ1v) is 5.91. The molecule has 0 aliphatic carbocycles. The molecule has 0 bridgehead atoms. The lowest BCUT2D eigenvalue weighted by molar-refractivity contribution is -0.123. The standard InChI is InChI=1S/C13H18N2O/c16-13(12-8-4-5-9-14-12)15-10-11-6-2-1-3-7-11/h1-3,6-7,12,14H,4-5,8-10H2,(H,15,16)/t12-/m1/s1. The minimum absolute atomic E-state index is 0.0115. The molecule has 0 spiro atoms. The summed E-state index contributed by atoms with van der Waals surface area (Å²) in [5, 5.41) is 6.21. The summed E-state index contributed by atoms with van der Waals surface area (Å²) in [4.78, 5) is 11.8. The molecule has 0 saturated carbocycles. The summed E-state index contributed by atoms with van der Waals surface area (Å²) in [5.41, 5.74) is 1.15. The number of carbonyl (C=O) groups excluding carboxylic acids is 1. The van der Waals surface area contributed by atoms with Gasteiger partial charge in [-0.1, -0.05) is 36.8 Å². The highest BCUT2D eigenvalue weighted by Crippen LogP contribution is 2.07. The Kier molecular flexibility index (Phi) is 3.94. The van der Waals surface area contributed by atoms with E-state index in [0.29, 0.717) is 6.54 Å². The lowest BCUT2D eigenvalue weighted by Gasteiger charge is -2.22. The molecule has 1 fully saturated rings. The molecule has 1 aliphatic rings. The van der Waals surface area contributed by atoms with Crippen LogP contribution in [0.2, 0.25) is 0 Å².